The molecule has 2 unspecified atom stereocenters. The van der Waals surface area contributed by atoms with Crippen LogP contribution in [0.4, 0.5) is 0 Å². The Hall–Kier alpha value is -0.0800. The van der Waals surface area contributed by atoms with Crippen LogP contribution in [-0.4, -0.2) is 36.6 Å². The van der Waals surface area contributed by atoms with Crippen LogP contribution in [0.25, 0.3) is 0 Å². The van der Waals surface area contributed by atoms with Gasteiger partial charge in [0.25, 0.3) is 0 Å². The lowest BCUT2D eigenvalue weighted by atomic mass is 10.1. The smallest absolute Gasteiger partial charge is 0.0218 e. The van der Waals surface area contributed by atoms with Crippen molar-refractivity contribution in [2.45, 2.75) is 58.0 Å². The molecule has 88 valence electrons. The molecule has 0 amide bonds. The Morgan fingerprint density at radius 1 is 1.27 bits per heavy atom. The van der Waals surface area contributed by atoms with Crippen molar-refractivity contribution >= 4 is 0 Å². The molecule has 2 rings (SSSR count). The average Bonchev–Trinajstić information content (AvgIpc) is 2.96. The minimum absolute atomic E-state index is 0.794. The lowest BCUT2D eigenvalue weighted by Gasteiger charge is -2.27. The van der Waals surface area contributed by atoms with Crippen molar-refractivity contribution in [1.82, 2.24) is 10.2 Å². The normalized spacial score (nSPS) is 29.6. The fourth-order valence-electron chi connectivity index (χ4n) is 2.65. The average molecular weight is 210 g/mol. The highest BCUT2D eigenvalue weighted by Gasteiger charge is 2.28. The van der Waals surface area contributed by atoms with Crippen molar-refractivity contribution in [2.24, 2.45) is 5.92 Å². The van der Waals surface area contributed by atoms with E-state index in [4.69, 9.17) is 0 Å². The van der Waals surface area contributed by atoms with Gasteiger partial charge in [-0.1, -0.05) is 20.3 Å². The number of likely N-dealkylation sites (tertiary alicyclic amines) is 1. The van der Waals surface area contributed by atoms with E-state index < -0.39 is 0 Å². The number of hydrogen-bond donors (Lipinski definition) is 1. The Balaban J connectivity index is 1.73. The SMILES string of the molecule is CCC1CCN(C(CC)CNC2CC2)C1. The van der Waals surface area contributed by atoms with Crippen LogP contribution in [-0.2, 0) is 0 Å². The van der Waals surface area contributed by atoms with Crippen molar-refractivity contribution < 1.29 is 0 Å². The summed E-state index contributed by atoms with van der Waals surface area (Å²) in [5.41, 5.74) is 0. The van der Waals surface area contributed by atoms with Crippen molar-refractivity contribution in [2.75, 3.05) is 19.6 Å². The van der Waals surface area contributed by atoms with Crippen LogP contribution < -0.4 is 5.32 Å². The predicted octanol–water partition coefficient (Wildman–Crippen LogP) is 2.25. The number of nitrogens with one attached hydrogen (secondary N) is 1. The maximum atomic E-state index is 3.68. The van der Waals surface area contributed by atoms with E-state index in [1.165, 1.54) is 51.7 Å². The number of nitrogens with zero attached hydrogens (tertiary/aromatic N) is 1. The van der Waals surface area contributed by atoms with Gasteiger partial charge in [-0.05, 0) is 38.1 Å². The van der Waals surface area contributed by atoms with Gasteiger partial charge in [-0.15, -0.1) is 0 Å². The molecule has 1 N–H and O–H groups in total. The Labute approximate surface area is 94.4 Å². The van der Waals surface area contributed by atoms with E-state index >= 15 is 0 Å². The molecule has 2 aliphatic rings. The molecule has 1 saturated carbocycles. The predicted molar refractivity (Wildman–Crippen MR) is 65.1 cm³/mol. The molecule has 0 spiro atoms. The molecule has 2 nitrogen and oxygen atoms in total. The zero-order valence-electron chi connectivity index (χ0n) is 10.3. The summed E-state index contributed by atoms with van der Waals surface area (Å²) < 4.78 is 0. The van der Waals surface area contributed by atoms with Crippen LogP contribution in [0, 0.1) is 5.92 Å². The number of rotatable bonds is 6. The first kappa shape index (κ1) is 11.4. The maximum Gasteiger partial charge on any atom is 0.0218 e. The third-order valence-corrected chi connectivity index (χ3v) is 4.10. The fraction of sp³-hybridized carbons (Fsp3) is 1.00. The highest BCUT2D eigenvalue weighted by Crippen LogP contribution is 2.23. The molecule has 0 radical (unpaired) electrons. The van der Waals surface area contributed by atoms with E-state index in [0.717, 1.165) is 18.0 Å². The van der Waals surface area contributed by atoms with Crippen molar-refractivity contribution in [3.05, 3.63) is 0 Å². The molecule has 1 aliphatic heterocycles. The van der Waals surface area contributed by atoms with E-state index in [-0.39, 0.29) is 0 Å². The van der Waals surface area contributed by atoms with E-state index in [9.17, 15) is 0 Å². The van der Waals surface area contributed by atoms with Gasteiger partial charge in [-0.2, -0.15) is 0 Å². The van der Waals surface area contributed by atoms with Gasteiger partial charge in [0.2, 0.25) is 0 Å². The van der Waals surface area contributed by atoms with Gasteiger partial charge in [0.1, 0.15) is 0 Å². The molecule has 1 aliphatic carbocycles. The van der Waals surface area contributed by atoms with E-state index in [2.05, 4.69) is 24.1 Å². The highest BCUT2D eigenvalue weighted by atomic mass is 15.2. The lowest BCUT2D eigenvalue weighted by molar-refractivity contribution is 0.220. The summed E-state index contributed by atoms with van der Waals surface area (Å²) in [6.07, 6.45) is 6.91. The van der Waals surface area contributed by atoms with Gasteiger partial charge in [-0.3, -0.25) is 4.90 Å². The molecule has 0 bridgehead atoms. The van der Waals surface area contributed by atoms with E-state index in [0.29, 0.717) is 0 Å². The largest absolute Gasteiger partial charge is 0.312 e. The summed E-state index contributed by atoms with van der Waals surface area (Å²) in [5, 5.41) is 3.68. The molecule has 0 aromatic carbocycles. The van der Waals surface area contributed by atoms with Crippen molar-refractivity contribution in [3.8, 4) is 0 Å². The fourth-order valence-corrected chi connectivity index (χ4v) is 2.65. The third-order valence-electron chi connectivity index (χ3n) is 4.10. The minimum Gasteiger partial charge on any atom is -0.312 e. The first-order chi connectivity index (χ1) is 7.33. The summed E-state index contributed by atoms with van der Waals surface area (Å²) >= 11 is 0. The summed E-state index contributed by atoms with van der Waals surface area (Å²) in [5.74, 6) is 0.972. The first-order valence-corrected chi connectivity index (χ1v) is 6.80. The quantitative estimate of drug-likeness (QED) is 0.723. The molecular weight excluding hydrogens is 184 g/mol. The summed E-state index contributed by atoms with van der Waals surface area (Å²) in [6, 6.07) is 1.66. The van der Waals surface area contributed by atoms with Crippen LogP contribution in [0.5, 0.6) is 0 Å². The summed E-state index contributed by atoms with van der Waals surface area (Å²) in [7, 11) is 0. The number of hydrogen-bond acceptors (Lipinski definition) is 2. The van der Waals surface area contributed by atoms with Gasteiger partial charge in [0.05, 0.1) is 0 Å². The second kappa shape index (κ2) is 5.31. The molecular formula is C13H26N2. The first-order valence-electron chi connectivity index (χ1n) is 6.80. The third kappa shape index (κ3) is 3.18. The minimum atomic E-state index is 0.794. The van der Waals surface area contributed by atoms with E-state index in [1.54, 1.807) is 0 Å². The Morgan fingerprint density at radius 3 is 2.60 bits per heavy atom. The Kier molecular flexibility index (Phi) is 4.04. The molecule has 1 saturated heterocycles. The van der Waals surface area contributed by atoms with Gasteiger partial charge < -0.3 is 5.32 Å². The molecule has 2 fully saturated rings. The van der Waals surface area contributed by atoms with Crippen LogP contribution >= 0.6 is 0 Å². The topological polar surface area (TPSA) is 15.3 Å². The molecule has 15 heavy (non-hydrogen) atoms. The maximum absolute atomic E-state index is 3.68. The molecule has 2 atom stereocenters. The Morgan fingerprint density at radius 2 is 2.07 bits per heavy atom. The van der Waals surface area contributed by atoms with Gasteiger partial charge in [-0.25, -0.2) is 0 Å². The van der Waals surface area contributed by atoms with Crippen LogP contribution in [0.1, 0.15) is 46.0 Å². The van der Waals surface area contributed by atoms with Crippen LogP contribution in [0.3, 0.4) is 0 Å². The second-order valence-electron chi connectivity index (χ2n) is 5.30. The van der Waals surface area contributed by atoms with Gasteiger partial charge in [0.15, 0.2) is 0 Å². The van der Waals surface area contributed by atoms with Crippen LogP contribution in [0.2, 0.25) is 0 Å². The standard InChI is InChI=1S/C13H26N2/c1-3-11-7-8-15(10-11)13(4-2)9-14-12-5-6-12/h11-14H,3-10H2,1-2H3. The van der Waals surface area contributed by atoms with Gasteiger partial charge >= 0.3 is 0 Å². The van der Waals surface area contributed by atoms with Crippen molar-refractivity contribution in [1.29, 1.82) is 0 Å². The molecule has 0 aromatic heterocycles. The van der Waals surface area contributed by atoms with Crippen LogP contribution in [0.15, 0.2) is 0 Å². The molecule has 1 heterocycles. The molecule has 2 heteroatoms. The second-order valence-corrected chi connectivity index (χ2v) is 5.30. The van der Waals surface area contributed by atoms with Gasteiger partial charge in [0, 0.05) is 25.2 Å². The highest BCUT2D eigenvalue weighted by molar-refractivity contribution is 4.86. The Bertz CT molecular complexity index is 189. The zero-order valence-corrected chi connectivity index (χ0v) is 10.3. The summed E-state index contributed by atoms with van der Waals surface area (Å²) in [4.78, 5) is 2.71. The molecule has 0 aromatic rings. The van der Waals surface area contributed by atoms with Crippen molar-refractivity contribution in [3.63, 3.8) is 0 Å². The lowest BCUT2D eigenvalue weighted by Crippen LogP contribution is -2.41. The zero-order chi connectivity index (χ0) is 10.7. The summed E-state index contributed by atoms with van der Waals surface area (Å²) in [6.45, 7) is 8.57. The van der Waals surface area contributed by atoms with E-state index in [1.807, 2.05) is 0 Å². The monoisotopic (exact) mass is 210 g/mol.